The summed E-state index contributed by atoms with van der Waals surface area (Å²) in [5, 5.41) is 9.36. The van der Waals surface area contributed by atoms with Crippen LogP contribution in [0, 0.1) is 10.7 Å². The number of nitriles is 1. The zero-order valence-corrected chi connectivity index (χ0v) is 8.95. The molecule has 0 radical (unpaired) electrons. The van der Waals surface area contributed by atoms with E-state index in [1.807, 2.05) is 0 Å². The van der Waals surface area contributed by atoms with Crippen molar-refractivity contribution >= 4 is 23.3 Å². The number of thioether (sulfide) groups is 1. The molecule has 0 spiro atoms. The van der Waals surface area contributed by atoms with E-state index in [2.05, 4.69) is 0 Å². The molecule has 0 saturated heterocycles. The fourth-order valence-electron chi connectivity index (χ4n) is 1.13. The third-order valence-electron chi connectivity index (χ3n) is 1.84. The molecular formula is C11H9NO2S. The van der Waals surface area contributed by atoms with Crippen LogP contribution in [0.2, 0.25) is 0 Å². The molecule has 15 heavy (non-hydrogen) atoms. The summed E-state index contributed by atoms with van der Waals surface area (Å²) < 4.78 is 0. The Morgan fingerprint density at radius 1 is 1.33 bits per heavy atom. The van der Waals surface area contributed by atoms with E-state index in [1.165, 1.54) is 6.92 Å². The summed E-state index contributed by atoms with van der Waals surface area (Å²) in [5.74, 6) is -0.606. The second-order valence-corrected chi connectivity index (χ2v) is 3.82. The van der Waals surface area contributed by atoms with E-state index in [9.17, 15) is 9.59 Å². The zero-order valence-electron chi connectivity index (χ0n) is 8.14. The van der Waals surface area contributed by atoms with Crippen LogP contribution in [0.4, 0.5) is 0 Å². The van der Waals surface area contributed by atoms with Crippen molar-refractivity contribution in [2.75, 3.05) is 0 Å². The summed E-state index contributed by atoms with van der Waals surface area (Å²) in [5.41, 5.74) is 0.459. The van der Waals surface area contributed by atoms with E-state index in [0.717, 1.165) is 0 Å². The van der Waals surface area contributed by atoms with Gasteiger partial charge in [0.15, 0.2) is 11.6 Å². The highest BCUT2D eigenvalue weighted by Gasteiger charge is 2.24. The largest absolute Gasteiger partial charge is 0.298 e. The first-order chi connectivity index (χ1) is 7.16. The normalized spacial score (nSPS) is 11.5. The van der Waals surface area contributed by atoms with Crippen molar-refractivity contribution in [2.24, 2.45) is 0 Å². The topological polar surface area (TPSA) is 57.9 Å². The summed E-state index contributed by atoms with van der Waals surface area (Å²) in [7, 11) is 0. The molecule has 0 N–H and O–H groups in total. The predicted octanol–water partition coefficient (Wildman–Crippen LogP) is 2.04. The van der Waals surface area contributed by atoms with Gasteiger partial charge < -0.3 is 0 Å². The Morgan fingerprint density at radius 3 is 2.40 bits per heavy atom. The molecule has 76 valence electrons. The van der Waals surface area contributed by atoms with Crippen LogP contribution >= 0.6 is 11.8 Å². The predicted molar refractivity (Wildman–Crippen MR) is 58.4 cm³/mol. The molecule has 0 aliphatic heterocycles. The fourth-order valence-corrected chi connectivity index (χ4v) is 1.64. The zero-order chi connectivity index (χ0) is 11.3. The number of ketones is 2. The quantitative estimate of drug-likeness (QED) is 0.441. The molecule has 0 saturated carbocycles. The van der Waals surface area contributed by atoms with Gasteiger partial charge >= 0.3 is 0 Å². The fraction of sp³-hybridized carbons (Fsp3) is 0.182. The van der Waals surface area contributed by atoms with Gasteiger partial charge in [-0.05, 0) is 18.7 Å². The summed E-state index contributed by atoms with van der Waals surface area (Å²) in [4.78, 5) is 22.9. The molecule has 0 aliphatic rings. The monoisotopic (exact) mass is 219 g/mol. The van der Waals surface area contributed by atoms with Gasteiger partial charge in [-0.1, -0.05) is 30.3 Å². The number of carbonyl (C=O) groups excluding carboxylic acids is 2. The van der Waals surface area contributed by atoms with E-state index >= 15 is 0 Å². The standard InChI is InChI=1S/C11H9NO2S/c1-8(13)11(15-7-12)10(14)9-5-3-2-4-6-9/h2-6,11H,1H3. The van der Waals surface area contributed by atoms with E-state index in [1.54, 1.807) is 35.7 Å². The molecule has 0 amide bonds. The Bertz CT molecular complexity index is 408. The first-order valence-electron chi connectivity index (χ1n) is 4.31. The Hall–Kier alpha value is -1.60. The summed E-state index contributed by atoms with van der Waals surface area (Å²) in [6.07, 6.45) is 0. The molecule has 3 nitrogen and oxygen atoms in total. The maximum absolute atomic E-state index is 11.8. The first kappa shape index (κ1) is 11.5. The Kier molecular flexibility index (Phi) is 4.07. The van der Waals surface area contributed by atoms with Crippen molar-refractivity contribution < 1.29 is 9.59 Å². The molecule has 1 aromatic rings. The van der Waals surface area contributed by atoms with Gasteiger partial charge in [-0.25, -0.2) is 0 Å². The molecule has 0 aromatic heterocycles. The summed E-state index contributed by atoms with van der Waals surface area (Å²) in [6, 6.07) is 8.51. The lowest BCUT2D eigenvalue weighted by Gasteiger charge is -2.07. The molecule has 0 aliphatic carbocycles. The highest BCUT2D eigenvalue weighted by Crippen LogP contribution is 2.16. The highest BCUT2D eigenvalue weighted by molar-refractivity contribution is 8.05. The lowest BCUT2D eigenvalue weighted by atomic mass is 10.1. The van der Waals surface area contributed by atoms with Gasteiger partial charge in [0.05, 0.1) is 0 Å². The number of carbonyl (C=O) groups is 2. The molecule has 1 rings (SSSR count). The number of benzene rings is 1. The molecule has 1 atom stereocenters. The van der Waals surface area contributed by atoms with Crippen LogP contribution < -0.4 is 0 Å². The summed E-state index contributed by atoms with van der Waals surface area (Å²) >= 11 is 0.694. The second-order valence-electron chi connectivity index (χ2n) is 2.93. The van der Waals surface area contributed by atoms with Gasteiger partial charge in [-0.3, -0.25) is 9.59 Å². The number of hydrogen-bond donors (Lipinski definition) is 0. The van der Waals surface area contributed by atoms with Gasteiger partial charge in [-0.15, -0.1) is 0 Å². The van der Waals surface area contributed by atoms with E-state index < -0.39 is 5.25 Å². The lowest BCUT2D eigenvalue weighted by Crippen LogP contribution is -2.24. The van der Waals surface area contributed by atoms with Crippen LogP contribution in [0.3, 0.4) is 0 Å². The molecule has 0 fully saturated rings. The van der Waals surface area contributed by atoms with Crippen LogP contribution in [0.5, 0.6) is 0 Å². The summed E-state index contributed by atoms with van der Waals surface area (Å²) in [6.45, 7) is 1.32. The average molecular weight is 219 g/mol. The molecule has 1 unspecified atom stereocenters. The first-order valence-corrected chi connectivity index (χ1v) is 5.19. The number of rotatable bonds is 4. The van der Waals surface area contributed by atoms with Crippen LogP contribution in [0.1, 0.15) is 17.3 Å². The SMILES string of the molecule is CC(=O)C(SC#N)C(=O)c1ccccc1. The van der Waals surface area contributed by atoms with Crippen molar-refractivity contribution in [1.29, 1.82) is 5.26 Å². The van der Waals surface area contributed by atoms with Gasteiger partial charge in [0, 0.05) is 5.56 Å². The smallest absolute Gasteiger partial charge is 0.184 e. The molecule has 0 bridgehead atoms. The van der Waals surface area contributed by atoms with Crippen LogP contribution in [0.15, 0.2) is 30.3 Å². The van der Waals surface area contributed by atoms with E-state index in [0.29, 0.717) is 17.3 Å². The van der Waals surface area contributed by atoms with Crippen LogP contribution in [-0.4, -0.2) is 16.8 Å². The Balaban J connectivity index is 2.92. The minimum Gasteiger partial charge on any atom is -0.298 e. The third-order valence-corrected chi connectivity index (χ3v) is 2.72. The number of hydrogen-bond acceptors (Lipinski definition) is 4. The minimum atomic E-state index is -0.905. The van der Waals surface area contributed by atoms with Crippen molar-refractivity contribution in [3.05, 3.63) is 35.9 Å². The minimum absolute atomic E-state index is 0.296. The molecule has 0 heterocycles. The van der Waals surface area contributed by atoms with Gasteiger partial charge in [0.1, 0.15) is 10.7 Å². The molecule has 1 aromatic carbocycles. The van der Waals surface area contributed by atoms with Crippen LogP contribution in [0.25, 0.3) is 0 Å². The second kappa shape index (κ2) is 5.32. The van der Waals surface area contributed by atoms with Crippen molar-refractivity contribution in [3.63, 3.8) is 0 Å². The van der Waals surface area contributed by atoms with E-state index in [4.69, 9.17) is 5.26 Å². The van der Waals surface area contributed by atoms with Gasteiger partial charge in [0.2, 0.25) is 0 Å². The number of nitrogens with zero attached hydrogens (tertiary/aromatic N) is 1. The maximum Gasteiger partial charge on any atom is 0.184 e. The maximum atomic E-state index is 11.8. The van der Waals surface area contributed by atoms with Gasteiger partial charge in [0.25, 0.3) is 0 Å². The molecular weight excluding hydrogens is 210 g/mol. The average Bonchev–Trinajstić information content (AvgIpc) is 2.26. The van der Waals surface area contributed by atoms with Crippen molar-refractivity contribution in [2.45, 2.75) is 12.2 Å². The Morgan fingerprint density at radius 2 is 1.93 bits per heavy atom. The number of Topliss-reactive ketones (excluding diaryl/α,β-unsaturated/α-hetero) is 2. The molecule has 4 heteroatoms. The van der Waals surface area contributed by atoms with Gasteiger partial charge in [-0.2, -0.15) is 5.26 Å². The Labute approximate surface area is 92.1 Å². The highest BCUT2D eigenvalue weighted by atomic mass is 32.2. The van der Waals surface area contributed by atoms with Crippen LogP contribution in [-0.2, 0) is 4.79 Å². The lowest BCUT2D eigenvalue weighted by molar-refractivity contribution is -0.115. The third kappa shape index (κ3) is 2.93. The van der Waals surface area contributed by atoms with Crippen molar-refractivity contribution in [3.8, 4) is 5.40 Å². The number of thiocyanates is 1. The van der Waals surface area contributed by atoms with E-state index in [-0.39, 0.29) is 11.6 Å². The van der Waals surface area contributed by atoms with Crippen molar-refractivity contribution in [1.82, 2.24) is 0 Å².